The van der Waals surface area contributed by atoms with Gasteiger partial charge in [-0.3, -0.25) is 0 Å². The first-order valence-corrected chi connectivity index (χ1v) is 6.71. The van der Waals surface area contributed by atoms with Crippen LogP contribution in [-0.2, 0) is 4.74 Å². The van der Waals surface area contributed by atoms with Gasteiger partial charge in [0.2, 0.25) is 0 Å². The zero-order chi connectivity index (χ0) is 10.5. The average Bonchev–Trinajstić information content (AvgIpc) is 2.17. The van der Waals surface area contributed by atoms with Crippen molar-refractivity contribution in [2.24, 2.45) is 11.8 Å². The molecule has 1 aliphatic heterocycles. The lowest BCUT2D eigenvalue weighted by atomic mass is 9.75. The second kappa shape index (κ2) is 5.86. The Bertz CT molecular complexity index is 173. The van der Waals surface area contributed by atoms with Crippen molar-refractivity contribution in [3.05, 3.63) is 0 Å². The first kappa shape index (κ1) is 11.4. The van der Waals surface area contributed by atoms with E-state index in [9.17, 15) is 0 Å². The van der Waals surface area contributed by atoms with Crippen LogP contribution in [0.1, 0.15) is 45.4 Å². The van der Waals surface area contributed by atoms with Gasteiger partial charge in [-0.05, 0) is 50.5 Å². The fraction of sp³-hybridized carbons (Fsp3) is 1.00. The number of rotatable bonds is 5. The zero-order valence-electron chi connectivity index (χ0n) is 10.0. The van der Waals surface area contributed by atoms with Crippen LogP contribution in [0, 0.1) is 11.8 Å². The van der Waals surface area contributed by atoms with Crippen LogP contribution >= 0.6 is 0 Å². The normalized spacial score (nSPS) is 26.2. The molecule has 2 fully saturated rings. The summed E-state index contributed by atoms with van der Waals surface area (Å²) in [6.07, 6.45) is 8.34. The molecule has 0 radical (unpaired) electrons. The van der Waals surface area contributed by atoms with Crippen molar-refractivity contribution in [3.63, 3.8) is 0 Å². The van der Waals surface area contributed by atoms with Gasteiger partial charge in [-0.15, -0.1) is 0 Å². The van der Waals surface area contributed by atoms with Gasteiger partial charge in [-0.25, -0.2) is 0 Å². The van der Waals surface area contributed by atoms with Crippen LogP contribution in [0.5, 0.6) is 0 Å². The van der Waals surface area contributed by atoms with Gasteiger partial charge in [0, 0.05) is 19.3 Å². The number of ether oxygens (including phenoxy) is 1. The molecule has 1 unspecified atom stereocenters. The van der Waals surface area contributed by atoms with Crippen LogP contribution in [0.15, 0.2) is 0 Å². The van der Waals surface area contributed by atoms with Crippen LogP contribution in [-0.4, -0.2) is 25.8 Å². The van der Waals surface area contributed by atoms with Gasteiger partial charge >= 0.3 is 0 Å². The molecule has 0 amide bonds. The number of hydrogen-bond donors (Lipinski definition) is 1. The summed E-state index contributed by atoms with van der Waals surface area (Å²) in [5, 5.41) is 3.69. The molecule has 1 aliphatic carbocycles. The van der Waals surface area contributed by atoms with Gasteiger partial charge < -0.3 is 10.1 Å². The van der Waals surface area contributed by atoms with Crippen molar-refractivity contribution in [2.45, 2.75) is 51.5 Å². The van der Waals surface area contributed by atoms with Crippen LogP contribution in [0.3, 0.4) is 0 Å². The monoisotopic (exact) mass is 211 g/mol. The molecule has 0 aromatic rings. The Hall–Kier alpha value is -0.0800. The van der Waals surface area contributed by atoms with E-state index in [1.807, 2.05) is 0 Å². The Morgan fingerprint density at radius 1 is 1.20 bits per heavy atom. The lowest BCUT2D eigenvalue weighted by Crippen LogP contribution is -2.41. The summed E-state index contributed by atoms with van der Waals surface area (Å²) in [7, 11) is 0. The van der Waals surface area contributed by atoms with E-state index in [2.05, 4.69) is 12.2 Å². The second-order valence-corrected chi connectivity index (χ2v) is 5.15. The Morgan fingerprint density at radius 3 is 2.47 bits per heavy atom. The Kier molecular flexibility index (Phi) is 4.45. The minimum atomic E-state index is 0.798. The molecule has 88 valence electrons. The Morgan fingerprint density at radius 2 is 1.93 bits per heavy atom. The predicted molar refractivity (Wildman–Crippen MR) is 63.0 cm³/mol. The highest BCUT2D eigenvalue weighted by Crippen LogP contribution is 2.33. The highest BCUT2D eigenvalue weighted by atomic mass is 16.5. The van der Waals surface area contributed by atoms with Crippen LogP contribution in [0.4, 0.5) is 0 Å². The summed E-state index contributed by atoms with van der Waals surface area (Å²) in [6.45, 7) is 5.35. The minimum absolute atomic E-state index is 0.798. The van der Waals surface area contributed by atoms with Gasteiger partial charge in [0.25, 0.3) is 0 Å². The number of nitrogens with one attached hydrogen (secondary N) is 1. The first-order chi connectivity index (χ1) is 7.40. The summed E-state index contributed by atoms with van der Waals surface area (Å²) in [5.41, 5.74) is 0. The van der Waals surface area contributed by atoms with Gasteiger partial charge in [0.05, 0.1) is 0 Å². The molecule has 0 aromatic heterocycles. The third kappa shape index (κ3) is 3.18. The fourth-order valence-corrected chi connectivity index (χ4v) is 2.89. The van der Waals surface area contributed by atoms with Gasteiger partial charge in [-0.2, -0.15) is 0 Å². The van der Waals surface area contributed by atoms with Crippen molar-refractivity contribution in [1.29, 1.82) is 0 Å². The average molecular weight is 211 g/mol. The third-order valence-corrected chi connectivity index (χ3v) is 4.11. The molecular weight excluding hydrogens is 186 g/mol. The smallest absolute Gasteiger partial charge is 0.0468 e. The molecule has 1 atom stereocenters. The standard InChI is InChI=1S/C13H25NO/c1-2-14-13(12-4-3-5-12)10-11-6-8-15-9-7-11/h11-14H,2-10H2,1H3. The predicted octanol–water partition coefficient (Wildman–Crippen LogP) is 2.58. The Labute approximate surface area is 93.8 Å². The van der Waals surface area contributed by atoms with E-state index in [1.54, 1.807) is 0 Å². The summed E-state index contributed by atoms with van der Waals surface area (Å²) < 4.78 is 5.42. The van der Waals surface area contributed by atoms with E-state index in [-0.39, 0.29) is 0 Å². The van der Waals surface area contributed by atoms with E-state index in [0.717, 1.165) is 37.6 Å². The Balaban J connectivity index is 1.76. The van der Waals surface area contributed by atoms with Crippen LogP contribution in [0.25, 0.3) is 0 Å². The van der Waals surface area contributed by atoms with Gasteiger partial charge in [0.1, 0.15) is 0 Å². The molecule has 1 saturated heterocycles. The zero-order valence-corrected chi connectivity index (χ0v) is 10.0. The minimum Gasteiger partial charge on any atom is -0.381 e. The van der Waals surface area contributed by atoms with E-state index < -0.39 is 0 Å². The molecule has 1 heterocycles. The highest BCUT2D eigenvalue weighted by Gasteiger charge is 2.29. The maximum absolute atomic E-state index is 5.42. The molecule has 2 heteroatoms. The summed E-state index contributed by atoms with van der Waals surface area (Å²) >= 11 is 0. The second-order valence-electron chi connectivity index (χ2n) is 5.15. The van der Waals surface area contributed by atoms with Crippen molar-refractivity contribution >= 4 is 0 Å². The molecule has 15 heavy (non-hydrogen) atoms. The molecule has 1 N–H and O–H groups in total. The van der Waals surface area contributed by atoms with Crippen molar-refractivity contribution in [1.82, 2.24) is 5.32 Å². The third-order valence-electron chi connectivity index (χ3n) is 4.11. The van der Waals surface area contributed by atoms with Crippen molar-refractivity contribution < 1.29 is 4.74 Å². The van der Waals surface area contributed by atoms with Crippen LogP contribution in [0.2, 0.25) is 0 Å². The van der Waals surface area contributed by atoms with Crippen molar-refractivity contribution in [3.8, 4) is 0 Å². The number of hydrogen-bond acceptors (Lipinski definition) is 2. The summed E-state index contributed by atoms with van der Waals surface area (Å²) in [6, 6.07) is 0.798. The lowest BCUT2D eigenvalue weighted by molar-refractivity contribution is 0.0547. The maximum Gasteiger partial charge on any atom is 0.0468 e. The highest BCUT2D eigenvalue weighted by molar-refractivity contribution is 4.84. The molecule has 0 spiro atoms. The lowest BCUT2D eigenvalue weighted by Gasteiger charge is -2.37. The van der Waals surface area contributed by atoms with Gasteiger partial charge in [-0.1, -0.05) is 13.3 Å². The van der Waals surface area contributed by atoms with Gasteiger partial charge in [0.15, 0.2) is 0 Å². The molecule has 0 aromatic carbocycles. The summed E-state index contributed by atoms with van der Waals surface area (Å²) in [5.74, 6) is 1.90. The van der Waals surface area contributed by atoms with E-state index in [4.69, 9.17) is 4.74 Å². The molecular formula is C13H25NO. The molecule has 1 saturated carbocycles. The first-order valence-electron chi connectivity index (χ1n) is 6.71. The largest absolute Gasteiger partial charge is 0.381 e. The van der Waals surface area contributed by atoms with Crippen molar-refractivity contribution in [2.75, 3.05) is 19.8 Å². The van der Waals surface area contributed by atoms with E-state index in [0.29, 0.717) is 0 Å². The molecule has 0 bridgehead atoms. The van der Waals surface area contributed by atoms with E-state index >= 15 is 0 Å². The van der Waals surface area contributed by atoms with E-state index in [1.165, 1.54) is 38.5 Å². The quantitative estimate of drug-likeness (QED) is 0.754. The molecule has 2 rings (SSSR count). The summed E-state index contributed by atoms with van der Waals surface area (Å²) in [4.78, 5) is 0. The molecule has 2 nitrogen and oxygen atoms in total. The fourth-order valence-electron chi connectivity index (χ4n) is 2.89. The SMILES string of the molecule is CCNC(CC1CCOCC1)C1CCC1. The van der Waals surface area contributed by atoms with Crippen LogP contribution < -0.4 is 5.32 Å². The molecule has 2 aliphatic rings. The topological polar surface area (TPSA) is 21.3 Å². The maximum atomic E-state index is 5.42.